The predicted octanol–water partition coefficient (Wildman–Crippen LogP) is 5.12. The van der Waals surface area contributed by atoms with Gasteiger partial charge in [0.15, 0.2) is 17.2 Å². The molecule has 1 saturated carbocycles. The van der Waals surface area contributed by atoms with Crippen molar-refractivity contribution in [2.75, 3.05) is 19.9 Å². The molecule has 0 radical (unpaired) electrons. The Morgan fingerprint density at radius 1 is 1.00 bits per heavy atom. The highest BCUT2D eigenvalue weighted by Crippen LogP contribution is 2.38. The molecule has 1 saturated heterocycles. The average molecular weight is 657 g/mol. The lowest BCUT2D eigenvalue weighted by Gasteiger charge is -2.23. The van der Waals surface area contributed by atoms with Crippen molar-refractivity contribution >= 4 is 21.8 Å². The Bertz CT molecular complexity index is 1460. The molecular formula is C30H39F3N4O7S. The molecule has 1 unspecified atom stereocenters. The lowest BCUT2D eigenvalue weighted by molar-refractivity contribution is -0.120. The first-order valence-electron chi connectivity index (χ1n) is 15.5. The maximum Gasteiger partial charge on any atom is 0.516 e. The van der Waals surface area contributed by atoms with Crippen molar-refractivity contribution in [2.45, 2.75) is 95.1 Å². The number of hydrogen-bond acceptors (Lipinski definition) is 9. The average Bonchev–Trinajstić information content (AvgIpc) is 3.76. The van der Waals surface area contributed by atoms with E-state index < -0.39 is 27.9 Å². The molecule has 2 N–H and O–H groups in total. The summed E-state index contributed by atoms with van der Waals surface area (Å²) in [5, 5.41) is 2.93. The second kappa shape index (κ2) is 14.4. The molecule has 1 atom stereocenters. The molecule has 1 aliphatic carbocycles. The van der Waals surface area contributed by atoms with Gasteiger partial charge >= 0.3 is 15.5 Å². The third kappa shape index (κ3) is 8.48. The highest BCUT2D eigenvalue weighted by atomic mass is 32.2. The Morgan fingerprint density at radius 3 is 2.47 bits per heavy atom. The van der Waals surface area contributed by atoms with E-state index in [1.54, 1.807) is 12.1 Å². The standard InChI is InChI=1S/C30H39F3N4O7S/c31-30(32,33)45(40,41)36-27(38)12-11-21-15-25-26(44-19-43-25)16-22(21)17-37-14-6-10-24(37)29-35-23(18-42-29)28(39)34-13-5-4-9-20-7-2-1-3-8-20/h15-16,18,20,24H,1-14,17,19H2,(H,34,39)(H,36,38). The fourth-order valence-electron chi connectivity index (χ4n) is 6.30. The molecule has 3 heterocycles. The van der Waals surface area contributed by atoms with Crippen LogP contribution in [0.2, 0.25) is 0 Å². The molecule has 0 bridgehead atoms. The number of oxazole rings is 1. The van der Waals surface area contributed by atoms with Gasteiger partial charge in [0.1, 0.15) is 6.26 Å². The third-order valence-electron chi connectivity index (χ3n) is 8.70. The molecule has 0 spiro atoms. The van der Waals surface area contributed by atoms with Gasteiger partial charge in [0.25, 0.3) is 5.91 Å². The van der Waals surface area contributed by atoms with Crippen LogP contribution in [0, 0.1) is 5.92 Å². The minimum absolute atomic E-state index is 0.00342. The van der Waals surface area contributed by atoms with Crippen LogP contribution in [0.4, 0.5) is 13.2 Å². The molecular weight excluding hydrogens is 617 g/mol. The van der Waals surface area contributed by atoms with Crippen LogP contribution in [0.5, 0.6) is 11.5 Å². The molecule has 2 amide bonds. The SMILES string of the molecule is O=C(CCc1cc2c(cc1CN1CCCC1c1nc(C(=O)NCCCCC3CCCCC3)co1)OCO2)NS(=O)(=O)C(F)(F)F. The van der Waals surface area contributed by atoms with E-state index in [-0.39, 0.29) is 30.9 Å². The molecule has 15 heteroatoms. The van der Waals surface area contributed by atoms with Gasteiger partial charge in [-0.15, -0.1) is 0 Å². The number of carbonyl (C=O) groups is 2. The third-order valence-corrected chi connectivity index (χ3v) is 9.80. The molecule has 2 fully saturated rings. The molecule has 5 rings (SSSR count). The first kappa shape index (κ1) is 33.0. The maximum absolute atomic E-state index is 12.7. The van der Waals surface area contributed by atoms with Crippen molar-refractivity contribution < 1.29 is 45.1 Å². The van der Waals surface area contributed by atoms with E-state index in [9.17, 15) is 31.2 Å². The summed E-state index contributed by atoms with van der Waals surface area (Å²) in [5.74, 6) is 0.585. The Balaban J connectivity index is 1.18. The van der Waals surface area contributed by atoms with Crippen molar-refractivity contribution in [2.24, 2.45) is 5.92 Å². The number of carbonyl (C=O) groups excluding carboxylic acids is 2. The first-order chi connectivity index (χ1) is 21.5. The molecule has 45 heavy (non-hydrogen) atoms. The van der Waals surface area contributed by atoms with Gasteiger partial charge in [0, 0.05) is 19.5 Å². The van der Waals surface area contributed by atoms with Crippen LogP contribution >= 0.6 is 0 Å². The number of halogens is 3. The van der Waals surface area contributed by atoms with Crippen molar-refractivity contribution in [3.63, 3.8) is 0 Å². The maximum atomic E-state index is 12.7. The van der Waals surface area contributed by atoms with Gasteiger partial charge in [-0.1, -0.05) is 44.9 Å². The minimum atomic E-state index is -5.79. The van der Waals surface area contributed by atoms with Crippen molar-refractivity contribution in [1.29, 1.82) is 0 Å². The van der Waals surface area contributed by atoms with Gasteiger partial charge in [0.2, 0.25) is 18.6 Å². The summed E-state index contributed by atoms with van der Waals surface area (Å²) < 4.78 is 78.5. The summed E-state index contributed by atoms with van der Waals surface area (Å²) in [4.78, 5) is 31.4. The van der Waals surface area contributed by atoms with Gasteiger partial charge in [-0.25, -0.2) is 9.71 Å². The van der Waals surface area contributed by atoms with E-state index >= 15 is 0 Å². The number of rotatable bonds is 13. The number of benzene rings is 1. The Morgan fingerprint density at radius 2 is 1.73 bits per heavy atom. The number of likely N-dealkylation sites (tertiary alicyclic amines) is 1. The van der Waals surface area contributed by atoms with E-state index in [4.69, 9.17) is 13.9 Å². The number of nitrogens with zero attached hydrogens (tertiary/aromatic N) is 2. The molecule has 2 aliphatic heterocycles. The number of aryl methyl sites for hydroxylation is 1. The number of sulfonamides is 1. The normalized spacial score (nSPS) is 19.1. The topological polar surface area (TPSA) is 140 Å². The lowest BCUT2D eigenvalue weighted by atomic mass is 9.86. The number of alkyl halides is 3. The summed E-state index contributed by atoms with van der Waals surface area (Å²) in [6.45, 7) is 1.63. The highest BCUT2D eigenvalue weighted by Gasteiger charge is 2.47. The number of nitrogens with one attached hydrogen (secondary N) is 2. The summed E-state index contributed by atoms with van der Waals surface area (Å²) >= 11 is 0. The van der Waals surface area contributed by atoms with Gasteiger partial charge in [-0.05, 0) is 61.4 Å². The Kier molecular flexibility index (Phi) is 10.6. The fourth-order valence-corrected chi connectivity index (χ4v) is 6.82. The number of fused-ring (bicyclic) bond motifs is 1. The van der Waals surface area contributed by atoms with Crippen LogP contribution in [0.15, 0.2) is 22.8 Å². The fraction of sp³-hybridized carbons (Fsp3) is 0.633. The first-order valence-corrected chi connectivity index (χ1v) is 17.0. The van der Waals surface area contributed by atoms with Crippen LogP contribution < -0.4 is 19.5 Å². The van der Waals surface area contributed by atoms with Crippen LogP contribution in [0.1, 0.15) is 104 Å². The molecule has 248 valence electrons. The van der Waals surface area contributed by atoms with Crippen LogP contribution in [0.25, 0.3) is 0 Å². The second-order valence-electron chi connectivity index (χ2n) is 11.9. The summed E-state index contributed by atoms with van der Waals surface area (Å²) in [6.07, 6.45) is 12.3. The van der Waals surface area contributed by atoms with E-state index in [0.717, 1.165) is 41.9 Å². The minimum Gasteiger partial charge on any atom is -0.454 e. The lowest BCUT2D eigenvalue weighted by Crippen LogP contribution is -2.40. The number of aromatic nitrogens is 1. The van der Waals surface area contributed by atoms with Crippen molar-refractivity contribution in [1.82, 2.24) is 19.9 Å². The van der Waals surface area contributed by atoms with Gasteiger partial charge in [-0.3, -0.25) is 14.5 Å². The van der Waals surface area contributed by atoms with E-state index in [1.807, 2.05) is 0 Å². The Hall–Kier alpha value is -3.33. The Labute approximate surface area is 260 Å². The summed E-state index contributed by atoms with van der Waals surface area (Å²) in [7, 11) is -5.79. The summed E-state index contributed by atoms with van der Waals surface area (Å²) in [5.41, 5.74) is -4.05. The largest absolute Gasteiger partial charge is 0.516 e. The van der Waals surface area contributed by atoms with Crippen molar-refractivity contribution in [3.05, 3.63) is 41.1 Å². The quantitative estimate of drug-likeness (QED) is 0.281. The monoisotopic (exact) mass is 656 g/mol. The number of hydrogen-bond donors (Lipinski definition) is 2. The van der Waals surface area contributed by atoms with Gasteiger partial charge in [-0.2, -0.15) is 21.6 Å². The zero-order valence-corrected chi connectivity index (χ0v) is 25.8. The predicted molar refractivity (Wildman–Crippen MR) is 156 cm³/mol. The molecule has 1 aromatic carbocycles. The van der Waals surface area contributed by atoms with E-state index in [0.29, 0.717) is 42.6 Å². The van der Waals surface area contributed by atoms with Gasteiger partial charge < -0.3 is 19.2 Å². The molecule has 1 aromatic heterocycles. The number of amides is 2. The number of unbranched alkanes of at least 4 members (excludes halogenated alkanes) is 1. The molecule has 3 aliphatic rings. The van der Waals surface area contributed by atoms with Crippen LogP contribution in [-0.4, -0.2) is 55.5 Å². The van der Waals surface area contributed by atoms with Crippen LogP contribution in [-0.2, 0) is 27.8 Å². The smallest absolute Gasteiger partial charge is 0.454 e. The second-order valence-corrected chi connectivity index (χ2v) is 13.6. The molecule has 11 nitrogen and oxygen atoms in total. The van der Waals surface area contributed by atoms with Crippen molar-refractivity contribution in [3.8, 4) is 11.5 Å². The number of ether oxygens (including phenoxy) is 2. The van der Waals surface area contributed by atoms with Gasteiger partial charge in [0.05, 0.1) is 6.04 Å². The zero-order valence-electron chi connectivity index (χ0n) is 25.0. The van der Waals surface area contributed by atoms with E-state index in [1.165, 1.54) is 44.8 Å². The zero-order chi connectivity index (χ0) is 32.0. The van der Waals surface area contributed by atoms with E-state index in [2.05, 4.69) is 15.2 Å². The highest BCUT2D eigenvalue weighted by molar-refractivity contribution is 7.90. The molecule has 2 aromatic rings. The van der Waals surface area contributed by atoms with Crippen LogP contribution in [0.3, 0.4) is 0 Å². The summed E-state index contributed by atoms with van der Waals surface area (Å²) in [6, 6.07) is 3.18.